The standard InChI is InChI=1S/C46H62N4O2/c1-40(2,3)45(51,41(4,5)6)49-32-47(36-28-20-15-21-29-38(36)49)44(34-24-16-13-17-25-34,35-26-18-14-19-27-35)48-33-50(39-31-23-22-30-37(39)48)46(52,42(7,8)9)43(10,11)12/h13-28,30-31,51-52H,29,32-33H2,1-12H3. The van der Waals surface area contributed by atoms with Crippen molar-refractivity contribution in [2.75, 3.05) is 23.1 Å². The minimum atomic E-state index is -1.23. The molecule has 0 atom stereocenters. The van der Waals surface area contributed by atoms with E-state index in [0.717, 1.165) is 33.9 Å². The molecule has 2 heterocycles. The molecule has 0 saturated heterocycles. The largest absolute Gasteiger partial charge is 0.370 e. The van der Waals surface area contributed by atoms with Gasteiger partial charge >= 0.3 is 0 Å². The molecule has 3 aromatic rings. The second-order valence-electron chi connectivity index (χ2n) is 19.1. The summed E-state index contributed by atoms with van der Waals surface area (Å²) < 4.78 is 0. The van der Waals surface area contributed by atoms with Crippen molar-refractivity contribution in [3.05, 3.63) is 132 Å². The molecule has 0 bridgehead atoms. The summed E-state index contributed by atoms with van der Waals surface area (Å²) in [7, 11) is 0. The zero-order valence-electron chi connectivity index (χ0n) is 33.7. The first-order valence-corrected chi connectivity index (χ1v) is 19.0. The van der Waals surface area contributed by atoms with Crippen LogP contribution in [0.15, 0.2) is 121 Å². The summed E-state index contributed by atoms with van der Waals surface area (Å²) in [5, 5.41) is 26.4. The van der Waals surface area contributed by atoms with Crippen molar-refractivity contribution in [2.45, 2.75) is 107 Å². The maximum Gasteiger partial charge on any atom is 0.169 e. The Hall–Kier alpha value is -4.00. The van der Waals surface area contributed by atoms with E-state index >= 15 is 0 Å². The Morgan fingerprint density at radius 2 is 0.865 bits per heavy atom. The molecule has 0 saturated carbocycles. The topological polar surface area (TPSA) is 53.4 Å². The Bertz CT molecular complexity index is 1780. The third-order valence-electron chi connectivity index (χ3n) is 11.9. The Labute approximate surface area is 313 Å². The van der Waals surface area contributed by atoms with Crippen LogP contribution in [0.5, 0.6) is 0 Å². The number of para-hydroxylation sites is 2. The molecule has 0 unspecified atom stereocenters. The molecule has 3 aliphatic rings. The van der Waals surface area contributed by atoms with Gasteiger partial charge in [-0.25, -0.2) is 0 Å². The van der Waals surface area contributed by atoms with Crippen LogP contribution in [0.3, 0.4) is 0 Å². The fourth-order valence-electron chi connectivity index (χ4n) is 9.89. The predicted octanol–water partition coefficient (Wildman–Crippen LogP) is 10.0. The van der Waals surface area contributed by atoms with Gasteiger partial charge in [0.05, 0.1) is 30.4 Å². The van der Waals surface area contributed by atoms with Crippen molar-refractivity contribution in [3.8, 4) is 0 Å². The number of benzene rings is 3. The van der Waals surface area contributed by atoms with Gasteiger partial charge in [0.15, 0.2) is 5.66 Å². The van der Waals surface area contributed by atoms with Gasteiger partial charge in [-0.1, -0.05) is 174 Å². The fourth-order valence-corrected chi connectivity index (χ4v) is 9.89. The Kier molecular flexibility index (Phi) is 9.11. The lowest BCUT2D eigenvalue weighted by Crippen LogP contribution is -2.68. The van der Waals surface area contributed by atoms with Crippen LogP contribution in [0.4, 0.5) is 11.4 Å². The molecule has 0 spiro atoms. The first kappa shape index (κ1) is 37.7. The number of fused-ring (bicyclic) bond motifs is 1. The van der Waals surface area contributed by atoms with Gasteiger partial charge in [-0.3, -0.25) is 0 Å². The van der Waals surface area contributed by atoms with Crippen LogP contribution in [0.25, 0.3) is 0 Å². The summed E-state index contributed by atoms with van der Waals surface area (Å²) in [6, 6.07) is 30.2. The first-order chi connectivity index (χ1) is 24.1. The van der Waals surface area contributed by atoms with Gasteiger partial charge in [0, 0.05) is 44.9 Å². The SMILES string of the molecule is CC(C)(C)C(O)(N1CN(C(c2ccccc2)(c2ccccc2)N2CN(C(O)(C(C)(C)C)C(C)(C)C)c3ccccc32)C2=C1CC=CC=C2)C(C)(C)C. The van der Waals surface area contributed by atoms with E-state index in [0.29, 0.717) is 19.8 Å². The van der Waals surface area contributed by atoms with Crippen LogP contribution in [-0.2, 0) is 5.66 Å². The summed E-state index contributed by atoms with van der Waals surface area (Å²) in [6.07, 6.45) is 9.37. The highest BCUT2D eigenvalue weighted by molar-refractivity contribution is 5.80. The second kappa shape index (κ2) is 12.6. The highest BCUT2D eigenvalue weighted by Gasteiger charge is 2.62. The van der Waals surface area contributed by atoms with Gasteiger partial charge in [0.1, 0.15) is 11.4 Å². The van der Waals surface area contributed by atoms with Crippen molar-refractivity contribution >= 4 is 11.4 Å². The second-order valence-corrected chi connectivity index (χ2v) is 19.1. The zero-order chi connectivity index (χ0) is 38.1. The van der Waals surface area contributed by atoms with E-state index in [2.05, 4.69) is 212 Å². The Morgan fingerprint density at radius 3 is 1.33 bits per heavy atom. The van der Waals surface area contributed by atoms with Crippen molar-refractivity contribution < 1.29 is 10.2 Å². The van der Waals surface area contributed by atoms with E-state index in [1.165, 1.54) is 0 Å². The van der Waals surface area contributed by atoms with Gasteiger partial charge < -0.3 is 29.8 Å². The summed E-state index contributed by atoms with van der Waals surface area (Å²) in [6.45, 7) is 26.6. The molecule has 0 radical (unpaired) electrons. The Balaban J connectivity index is 1.72. The number of hydrogen-bond donors (Lipinski definition) is 2. The lowest BCUT2D eigenvalue weighted by molar-refractivity contribution is -0.232. The molecule has 52 heavy (non-hydrogen) atoms. The van der Waals surface area contributed by atoms with Gasteiger partial charge in [-0.15, -0.1) is 0 Å². The minimum Gasteiger partial charge on any atom is -0.370 e. The number of rotatable bonds is 6. The van der Waals surface area contributed by atoms with Gasteiger partial charge in [0.2, 0.25) is 0 Å². The van der Waals surface area contributed by atoms with Crippen LogP contribution in [0.2, 0.25) is 0 Å². The molecule has 0 amide bonds. The maximum atomic E-state index is 13.3. The number of nitrogens with zero attached hydrogens (tertiary/aromatic N) is 4. The summed E-state index contributed by atoms with van der Waals surface area (Å²) >= 11 is 0. The van der Waals surface area contributed by atoms with Gasteiger partial charge in [-0.2, -0.15) is 0 Å². The summed E-state index contributed by atoms with van der Waals surface area (Å²) in [5.74, 6) is 0. The summed E-state index contributed by atoms with van der Waals surface area (Å²) in [5.41, 5.74) is 1.07. The quantitative estimate of drug-likeness (QED) is 0.267. The van der Waals surface area contributed by atoms with Gasteiger partial charge in [-0.05, 0) is 18.2 Å². The molecule has 6 rings (SSSR count). The van der Waals surface area contributed by atoms with E-state index in [1.54, 1.807) is 0 Å². The lowest BCUT2D eigenvalue weighted by atomic mass is 9.67. The molecule has 0 fully saturated rings. The third-order valence-corrected chi connectivity index (χ3v) is 11.9. The Morgan fingerprint density at radius 1 is 0.462 bits per heavy atom. The predicted molar refractivity (Wildman–Crippen MR) is 216 cm³/mol. The smallest absolute Gasteiger partial charge is 0.169 e. The molecule has 278 valence electrons. The lowest BCUT2D eigenvalue weighted by Gasteiger charge is -2.58. The average molecular weight is 703 g/mol. The van der Waals surface area contributed by atoms with Gasteiger partial charge in [0.25, 0.3) is 0 Å². The monoisotopic (exact) mass is 702 g/mol. The number of aliphatic hydroxyl groups is 2. The molecule has 3 aromatic carbocycles. The molecule has 6 nitrogen and oxygen atoms in total. The van der Waals surface area contributed by atoms with E-state index in [9.17, 15) is 10.2 Å². The summed E-state index contributed by atoms with van der Waals surface area (Å²) in [4.78, 5) is 9.57. The minimum absolute atomic E-state index is 0.429. The van der Waals surface area contributed by atoms with E-state index < -0.39 is 38.8 Å². The van der Waals surface area contributed by atoms with Crippen LogP contribution in [0.1, 0.15) is 101 Å². The number of anilines is 2. The zero-order valence-corrected chi connectivity index (χ0v) is 33.7. The fraction of sp³-hybridized carbons (Fsp3) is 0.478. The van der Waals surface area contributed by atoms with Crippen molar-refractivity contribution in [2.24, 2.45) is 21.7 Å². The molecule has 2 aliphatic heterocycles. The molecular formula is C46H62N4O2. The highest BCUT2D eigenvalue weighted by Crippen LogP contribution is 2.58. The number of hydrogen-bond acceptors (Lipinski definition) is 6. The van der Waals surface area contributed by atoms with E-state index in [4.69, 9.17) is 0 Å². The van der Waals surface area contributed by atoms with E-state index in [1.807, 2.05) is 0 Å². The average Bonchev–Trinajstić information content (AvgIpc) is 3.53. The molecule has 6 heteroatoms. The number of allylic oxidation sites excluding steroid dienone is 4. The first-order valence-electron chi connectivity index (χ1n) is 19.0. The highest BCUT2D eigenvalue weighted by atomic mass is 16.3. The molecule has 2 N–H and O–H groups in total. The van der Waals surface area contributed by atoms with Crippen LogP contribution >= 0.6 is 0 Å². The van der Waals surface area contributed by atoms with Crippen molar-refractivity contribution in [3.63, 3.8) is 0 Å². The third kappa shape index (κ3) is 5.43. The van der Waals surface area contributed by atoms with Crippen LogP contribution in [-0.4, -0.2) is 44.8 Å². The van der Waals surface area contributed by atoms with Crippen LogP contribution in [0, 0.1) is 21.7 Å². The maximum absolute atomic E-state index is 13.3. The molecular weight excluding hydrogens is 641 g/mol. The van der Waals surface area contributed by atoms with Crippen molar-refractivity contribution in [1.29, 1.82) is 0 Å². The molecule has 1 aliphatic carbocycles. The van der Waals surface area contributed by atoms with Crippen LogP contribution < -0.4 is 9.80 Å². The molecule has 0 aromatic heterocycles. The normalized spacial score (nSPS) is 17.6. The van der Waals surface area contributed by atoms with Crippen molar-refractivity contribution in [1.82, 2.24) is 9.80 Å². The van der Waals surface area contributed by atoms with E-state index in [-0.39, 0.29) is 0 Å².